The van der Waals surface area contributed by atoms with Gasteiger partial charge in [0.25, 0.3) is 0 Å². The summed E-state index contributed by atoms with van der Waals surface area (Å²) in [6.45, 7) is 5.96. The molecule has 0 amide bonds. The van der Waals surface area contributed by atoms with Gasteiger partial charge in [-0.25, -0.2) is 0 Å². The zero-order chi connectivity index (χ0) is 10.1. The average molecular weight is 228 g/mol. The Morgan fingerprint density at radius 2 is 1.71 bits per heavy atom. The molecule has 0 fully saturated rings. The van der Waals surface area contributed by atoms with Crippen LogP contribution in [0.25, 0.3) is 0 Å². The summed E-state index contributed by atoms with van der Waals surface area (Å²) in [6, 6.07) is 0. The van der Waals surface area contributed by atoms with Gasteiger partial charge in [-0.15, -0.1) is 0 Å². The number of carbonyl (C=O) groups excluding carboxylic acids is 1. The van der Waals surface area contributed by atoms with E-state index in [2.05, 4.69) is 6.92 Å². The summed E-state index contributed by atoms with van der Waals surface area (Å²) >= 11 is 0. The number of unbranched alkanes of at least 4 members (excludes halogenated alkanes) is 4. The molecule has 14 heavy (non-hydrogen) atoms. The number of hydrogen-bond acceptors (Lipinski definition) is 2. The first-order valence-electron chi connectivity index (χ1n) is 5.36. The van der Waals surface area contributed by atoms with Crippen LogP contribution >= 0.6 is 0 Å². The van der Waals surface area contributed by atoms with Crippen LogP contribution in [0.1, 0.15) is 59.3 Å². The van der Waals surface area contributed by atoms with E-state index >= 15 is 0 Å². The molecule has 0 rings (SSSR count). The van der Waals surface area contributed by atoms with Crippen molar-refractivity contribution in [3.63, 3.8) is 0 Å². The summed E-state index contributed by atoms with van der Waals surface area (Å²) < 4.78 is 5.02. The van der Waals surface area contributed by atoms with Gasteiger partial charge in [0.1, 0.15) is 0 Å². The van der Waals surface area contributed by atoms with Crippen molar-refractivity contribution in [3.8, 4) is 0 Å². The van der Waals surface area contributed by atoms with Crippen LogP contribution in [0.5, 0.6) is 0 Å². The molecule has 0 aliphatic rings. The molecule has 0 radical (unpaired) electrons. The Morgan fingerprint density at radius 3 is 2.21 bits per heavy atom. The minimum absolute atomic E-state index is 0. The van der Waals surface area contributed by atoms with Crippen molar-refractivity contribution in [3.05, 3.63) is 0 Å². The number of esters is 1. The van der Waals surface area contributed by atoms with Crippen molar-refractivity contribution in [1.29, 1.82) is 0 Å². The fourth-order valence-corrected chi connectivity index (χ4v) is 1.19. The van der Waals surface area contributed by atoms with Gasteiger partial charge < -0.3 is 4.74 Å². The molecule has 0 saturated heterocycles. The van der Waals surface area contributed by atoms with Gasteiger partial charge in [-0.2, -0.15) is 0 Å². The normalized spacial score (nSPS) is 9.71. The summed E-state index contributed by atoms with van der Waals surface area (Å²) in [6.07, 6.45) is 6.51. The Labute approximate surface area is 118 Å². The Balaban J connectivity index is 0. The molecule has 0 N–H and O–H groups in total. The molecule has 0 atom stereocenters. The molecule has 0 aliphatic carbocycles. The van der Waals surface area contributed by atoms with Gasteiger partial charge in [-0.05, 0) is 20.3 Å². The predicted molar refractivity (Wildman–Crippen MR) is 63.1 cm³/mol. The van der Waals surface area contributed by atoms with Gasteiger partial charge in [-0.3, -0.25) is 4.79 Å². The Kier molecular flexibility index (Phi) is 14.4. The van der Waals surface area contributed by atoms with Crippen molar-refractivity contribution in [1.82, 2.24) is 0 Å². The first kappa shape index (κ1) is 17.1. The van der Waals surface area contributed by atoms with Gasteiger partial charge >= 0.3 is 43.7 Å². The standard InChI is InChI=1S/C11H22O2.Ca.2H/c1-4-5-6-7-8-9-11(12)13-10(2)3;;;/h10H,4-9H2,1-3H3;;;. The van der Waals surface area contributed by atoms with Crippen LogP contribution in [-0.2, 0) is 9.53 Å². The van der Waals surface area contributed by atoms with E-state index in [4.69, 9.17) is 4.74 Å². The Bertz CT molecular complexity index is 135. The Hall–Kier alpha value is 0.730. The van der Waals surface area contributed by atoms with E-state index in [9.17, 15) is 4.79 Å². The number of rotatable bonds is 7. The molecule has 0 aromatic rings. The first-order chi connectivity index (χ1) is 6.16. The van der Waals surface area contributed by atoms with Gasteiger partial charge in [0.2, 0.25) is 0 Å². The topological polar surface area (TPSA) is 26.3 Å². The second-order valence-electron chi connectivity index (χ2n) is 3.70. The number of hydrogen-bond donors (Lipinski definition) is 0. The van der Waals surface area contributed by atoms with Crippen LogP contribution in [0.4, 0.5) is 0 Å². The molecule has 0 saturated carbocycles. The molecule has 0 heterocycles. The monoisotopic (exact) mass is 228 g/mol. The van der Waals surface area contributed by atoms with Gasteiger partial charge in [0.15, 0.2) is 0 Å². The quantitative estimate of drug-likeness (QED) is 0.380. The zero-order valence-electron chi connectivity index (χ0n) is 9.14. The van der Waals surface area contributed by atoms with Gasteiger partial charge in [0.05, 0.1) is 6.10 Å². The molecule has 0 bridgehead atoms. The molecule has 0 aromatic carbocycles. The van der Waals surface area contributed by atoms with E-state index in [-0.39, 0.29) is 49.8 Å². The predicted octanol–water partition coefficient (Wildman–Crippen LogP) is 2.38. The van der Waals surface area contributed by atoms with E-state index < -0.39 is 0 Å². The van der Waals surface area contributed by atoms with Crippen LogP contribution in [-0.4, -0.2) is 49.8 Å². The van der Waals surface area contributed by atoms with Crippen molar-refractivity contribution in [2.24, 2.45) is 0 Å². The van der Waals surface area contributed by atoms with Gasteiger partial charge in [-0.1, -0.05) is 32.6 Å². The molecule has 82 valence electrons. The van der Waals surface area contributed by atoms with Crippen molar-refractivity contribution in [2.75, 3.05) is 0 Å². The van der Waals surface area contributed by atoms with E-state index in [1.54, 1.807) is 0 Å². The summed E-state index contributed by atoms with van der Waals surface area (Å²) in [7, 11) is 0. The third kappa shape index (κ3) is 12.7. The van der Waals surface area contributed by atoms with E-state index in [0.29, 0.717) is 6.42 Å². The summed E-state index contributed by atoms with van der Waals surface area (Å²) in [4.78, 5) is 11.1. The molecule has 0 spiro atoms. The Morgan fingerprint density at radius 1 is 1.14 bits per heavy atom. The van der Waals surface area contributed by atoms with Crippen LogP contribution in [0.2, 0.25) is 0 Å². The second-order valence-corrected chi connectivity index (χ2v) is 3.70. The SMILES string of the molecule is CCCCCCCC(=O)OC(C)C.[CaH2]. The van der Waals surface area contributed by atoms with Gasteiger partial charge in [0, 0.05) is 6.42 Å². The van der Waals surface area contributed by atoms with Crippen molar-refractivity contribution < 1.29 is 9.53 Å². The molecular formula is C11H24CaO2. The van der Waals surface area contributed by atoms with Crippen LogP contribution < -0.4 is 0 Å². The van der Waals surface area contributed by atoms with Crippen LogP contribution in [0.3, 0.4) is 0 Å². The maximum absolute atomic E-state index is 11.1. The summed E-state index contributed by atoms with van der Waals surface area (Å²) in [5.41, 5.74) is 0. The third-order valence-electron chi connectivity index (χ3n) is 1.85. The first-order valence-corrected chi connectivity index (χ1v) is 5.36. The molecule has 2 nitrogen and oxygen atoms in total. The van der Waals surface area contributed by atoms with Crippen molar-refractivity contribution in [2.45, 2.75) is 65.4 Å². The maximum atomic E-state index is 11.1. The third-order valence-corrected chi connectivity index (χ3v) is 1.85. The molecule has 3 heteroatoms. The zero-order valence-corrected chi connectivity index (χ0v) is 9.14. The van der Waals surface area contributed by atoms with Crippen LogP contribution in [0.15, 0.2) is 0 Å². The fourth-order valence-electron chi connectivity index (χ4n) is 1.19. The van der Waals surface area contributed by atoms with E-state index in [1.165, 1.54) is 19.3 Å². The minimum atomic E-state index is -0.0495. The number of carbonyl (C=O) groups is 1. The van der Waals surface area contributed by atoms with E-state index in [0.717, 1.165) is 12.8 Å². The molecule has 0 aromatic heterocycles. The summed E-state index contributed by atoms with van der Waals surface area (Å²) in [5.74, 6) is -0.0495. The average Bonchev–Trinajstić information content (AvgIpc) is 2.02. The molecule has 0 aliphatic heterocycles. The van der Waals surface area contributed by atoms with E-state index in [1.807, 2.05) is 13.8 Å². The number of ether oxygens (including phenoxy) is 1. The molecular weight excluding hydrogens is 204 g/mol. The second kappa shape index (κ2) is 11.8. The van der Waals surface area contributed by atoms with Crippen LogP contribution in [0, 0.1) is 0 Å². The van der Waals surface area contributed by atoms with Crippen molar-refractivity contribution >= 4 is 43.7 Å². The molecule has 0 unspecified atom stereocenters. The summed E-state index contributed by atoms with van der Waals surface area (Å²) in [5, 5.41) is 0. The fraction of sp³-hybridized carbons (Fsp3) is 0.909.